The first-order chi connectivity index (χ1) is 14.5. The monoisotopic (exact) mass is 458 g/mol. The highest BCUT2D eigenvalue weighted by Crippen LogP contribution is 2.29. The summed E-state index contributed by atoms with van der Waals surface area (Å²) in [4.78, 5) is 12.7. The molecule has 0 spiro atoms. The Morgan fingerprint density at radius 2 is 1.87 bits per heavy atom. The van der Waals surface area contributed by atoms with Gasteiger partial charge in [-0.15, -0.1) is 10.2 Å². The third kappa shape index (κ3) is 4.53. The van der Waals surface area contributed by atoms with Gasteiger partial charge in [-0.1, -0.05) is 65.3 Å². The Kier molecular flexibility index (Phi) is 6.13. The molecule has 0 unspecified atom stereocenters. The molecule has 0 fully saturated rings. The summed E-state index contributed by atoms with van der Waals surface area (Å²) in [7, 11) is 0. The molecule has 4 rings (SSSR count). The smallest absolute Gasteiger partial charge is 0.305 e. The molecule has 152 valence electrons. The zero-order chi connectivity index (χ0) is 21.1. The van der Waals surface area contributed by atoms with E-state index >= 15 is 0 Å². The van der Waals surface area contributed by atoms with Crippen LogP contribution in [-0.4, -0.2) is 20.8 Å². The van der Waals surface area contributed by atoms with Crippen molar-refractivity contribution in [2.24, 2.45) is 0 Å². The molecule has 6 nitrogen and oxygen atoms in total. The molecule has 30 heavy (non-hydrogen) atoms. The van der Waals surface area contributed by atoms with Crippen molar-refractivity contribution < 1.29 is 9.21 Å². The minimum absolute atomic E-state index is 0.156. The maximum atomic E-state index is 12.7. The normalized spacial score (nSPS) is 10.9. The number of furan rings is 1. The summed E-state index contributed by atoms with van der Waals surface area (Å²) in [5.41, 5.74) is 4.66. The molecule has 2 aromatic heterocycles. The van der Waals surface area contributed by atoms with Gasteiger partial charge in [0.05, 0.1) is 10.0 Å². The predicted octanol–water partition coefficient (Wildman–Crippen LogP) is 5.83. The van der Waals surface area contributed by atoms with Crippen LogP contribution in [0, 0.1) is 6.92 Å². The molecule has 9 heteroatoms. The fourth-order valence-electron chi connectivity index (χ4n) is 2.71. The number of aryl methyl sites for hydroxylation is 1. The maximum Gasteiger partial charge on any atom is 0.305 e. The number of carbonyl (C=O) groups excluding carboxylic acids is 1. The SMILES string of the molecule is Cc1nnc(SCc2ccccc2)n1NC(=O)c1ccc(-c2ccc(Cl)c(Cl)c2)o1. The second-order valence-corrected chi connectivity index (χ2v) is 8.13. The van der Waals surface area contributed by atoms with Gasteiger partial charge in [-0.3, -0.25) is 10.2 Å². The summed E-state index contributed by atoms with van der Waals surface area (Å²) in [6.45, 7) is 1.77. The molecule has 2 heterocycles. The summed E-state index contributed by atoms with van der Waals surface area (Å²) in [6.07, 6.45) is 0. The molecule has 0 bridgehead atoms. The average molecular weight is 459 g/mol. The lowest BCUT2D eigenvalue weighted by Crippen LogP contribution is -2.24. The van der Waals surface area contributed by atoms with Gasteiger partial charge in [0.1, 0.15) is 11.6 Å². The lowest BCUT2D eigenvalue weighted by atomic mass is 10.2. The third-order valence-electron chi connectivity index (χ3n) is 4.25. The van der Waals surface area contributed by atoms with Crippen molar-refractivity contribution in [1.82, 2.24) is 14.9 Å². The van der Waals surface area contributed by atoms with Crippen LogP contribution >= 0.6 is 35.0 Å². The third-order valence-corrected chi connectivity index (χ3v) is 5.99. The van der Waals surface area contributed by atoms with E-state index in [4.69, 9.17) is 27.6 Å². The van der Waals surface area contributed by atoms with Crippen molar-refractivity contribution in [2.45, 2.75) is 17.8 Å². The Balaban J connectivity index is 1.48. The molecule has 0 saturated heterocycles. The minimum atomic E-state index is -0.411. The molecule has 0 atom stereocenters. The van der Waals surface area contributed by atoms with Crippen molar-refractivity contribution in [3.05, 3.63) is 87.9 Å². The van der Waals surface area contributed by atoms with E-state index in [1.165, 1.54) is 11.8 Å². The number of amides is 1. The van der Waals surface area contributed by atoms with Crippen LogP contribution in [0.15, 0.2) is 70.2 Å². The number of hydrogen-bond donors (Lipinski definition) is 1. The van der Waals surface area contributed by atoms with Crippen LogP contribution in [0.4, 0.5) is 0 Å². The zero-order valence-electron chi connectivity index (χ0n) is 15.8. The number of nitrogens with zero attached hydrogens (tertiary/aromatic N) is 3. The molecule has 1 amide bonds. The molecule has 0 radical (unpaired) electrons. The summed E-state index contributed by atoms with van der Waals surface area (Å²) < 4.78 is 7.26. The van der Waals surface area contributed by atoms with Gasteiger partial charge < -0.3 is 4.42 Å². The average Bonchev–Trinajstić information content (AvgIpc) is 3.37. The van der Waals surface area contributed by atoms with Crippen molar-refractivity contribution in [3.63, 3.8) is 0 Å². The lowest BCUT2D eigenvalue weighted by molar-refractivity contribution is 0.0980. The number of thioether (sulfide) groups is 1. The standard InChI is InChI=1S/C21H16Cl2N4O2S/c1-13-24-25-21(30-12-14-5-3-2-4-6-14)27(13)26-20(28)19-10-9-18(29-19)15-7-8-16(22)17(23)11-15/h2-11H,12H2,1H3,(H,26,28). The largest absolute Gasteiger partial charge is 0.451 e. The van der Waals surface area contributed by atoms with E-state index < -0.39 is 5.91 Å². The van der Waals surface area contributed by atoms with Crippen molar-refractivity contribution in [1.29, 1.82) is 0 Å². The summed E-state index contributed by atoms with van der Waals surface area (Å²) in [6, 6.07) is 18.5. The first-order valence-corrected chi connectivity index (χ1v) is 10.7. The summed E-state index contributed by atoms with van der Waals surface area (Å²) in [5.74, 6) is 1.53. The fraction of sp³-hybridized carbons (Fsp3) is 0.0952. The van der Waals surface area contributed by atoms with E-state index in [1.807, 2.05) is 30.3 Å². The number of halogens is 2. The molecule has 0 saturated carbocycles. The van der Waals surface area contributed by atoms with Gasteiger partial charge in [-0.25, -0.2) is 4.68 Å². The highest BCUT2D eigenvalue weighted by atomic mass is 35.5. The Morgan fingerprint density at radius 3 is 2.63 bits per heavy atom. The number of benzene rings is 2. The van der Waals surface area contributed by atoms with Crippen LogP contribution in [0.5, 0.6) is 0 Å². The Morgan fingerprint density at radius 1 is 1.07 bits per heavy atom. The minimum Gasteiger partial charge on any atom is -0.451 e. The lowest BCUT2D eigenvalue weighted by Gasteiger charge is -2.09. The van der Waals surface area contributed by atoms with Gasteiger partial charge in [0.25, 0.3) is 0 Å². The van der Waals surface area contributed by atoms with Crippen LogP contribution in [0.3, 0.4) is 0 Å². The predicted molar refractivity (Wildman–Crippen MR) is 119 cm³/mol. The van der Waals surface area contributed by atoms with Crippen LogP contribution in [0.1, 0.15) is 21.9 Å². The first-order valence-electron chi connectivity index (χ1n) is 8.96. The van der Waals surface area contributed by atoms with Crippen molar-refractivity contribution in [3.8, 4) is 11.3 Å². The van der Waals surface area contributed by atoms with E-state index in [-0.39, 0.29) is 5.76 Å². The molecule has 0 aliphatic carbocycles. The maximum absolute atomic E-state index is 12.7. The quantitative estimate of drug-likeness (QED) is 0.368. The van der Waals surface area contributed by atoms with Crippen LogP contribution in [0.2, 0.25) is 10.0 Å². The molecule has 2 aromatic carbocycles. The summed E-state index contributed by atoms with van der Waals surface area (Å²) in [5, 5.41) is 9.67. The van der Waals surface area contributed by atoms with E-state index in [2.05, 4.69) is 15.6 Å². The zero-order valence-corrected chi connectivity index (χ0v) is 18.1. The van der Waals surface area contributed by atoms with Gasteiger partial charge in [0, 0.05) is 11.3 Å². The highest BCUT2D eigenvalue weighted by molar-refractivity contribution is 7.98. The fourth-order valence-corrected chi connectivity index (χ4v) is 3.90. The summed E-state index contributed by atoms with van der Waals surface area (Å²) >= 11 is 13.5. The number of nitrogens with one attached hydrogen (secondary N) is 1. The number of rotatable bonds is 6. The van der Waals surface area contributed by atoms with Crippen molar-refractivity contribution >= 4 is 40.9 Å². The van der Waals surface area contributed by atoms with Gasteiger partial charge in [0.15, 0.2) is 5.76 Å². The molecule has 0 aliphatic heterocycles. The second kappa shape index (κ2) is 8.95. The van der Waals surface area contributed by atoms with Gasteiger partial charge >= 0.3 is 5.91 Å². The topological polar surface area (TPSA) is 73.0 Å². The first kappa shape index (κ1) is 20.5. The van der Waals surface area contributed by atoms with Gasteiger partial charge in [-0.05, 0) is 42.8 Å². The van der Waals surface area contributed by atoms with Gasteiger partial charge in [-0.2, -0.15) is 0 Å². The van der Waals surface area contributed by atoms with Gasteiger partial charge in [0.2, 0.25) is 5.16 Å². The molecular formula is C21H16Cl2N4O2S. The Bertz CT molecular complexity index is 1190. The molecule has 1 N–H and O–H groups in total. The molecule has 4 aromatic rings. The number of carbonyl (C=O) groups is 1. The van der Waals surface area contributed by atoms with E-state index in [9.17, 15) is 4.79 Å². The van der Waals surface area contributed by atoms with E-state index in [0.29, 0.717) is 32.5 Å². The van der Waals surface area contributed by atoms with Crippen LogP contribution in [-0.2, 0) is 5.75 Å². The van der Waals surface area contributed by atoms with Crippen LogP contribution in [0.25, 0.3) is 11.3 Å². The molecule has 0 aliphatic rings. The van der Waals surface area contributed by atoms with E-state index in [0.717, 1.165) is 11.1 Å². The second-order valence-electron chi connectivity index (χ2n) is 6.37. The number of hydrogen-bond acceptors (Lipinski definition) is 5. The van der Waals surface area contributed by atoms with Crippen LogP contribution < -0.4 is 5.43 Å². The molecular weight excluding hydrogens is 443 g/mol. The van der Waals surface area contributed by atoms with Crippen molar-refractivity contribution in [2.75, 3.05) is 5.43 Å². The Hall–Kier alpha value is -2.74. The van der Waals surface area contributed by atoms with E-state index in [1.54, 1.807) is 41.9 Å². The number of aromatic nitrogens is 3. The highest BCUT2D eigenvalue weighted by Gasteiger charge is 2.17. The Labute approximate surface area is 187 Å².